The Kier molecular flexibility index (Phi) is 3.83. The summed E-state index contributed by atoms with van der Waals surface area (Å²) in [5.41, 5.74) is 8.88. The average Bonchev–Trinajstić information content (AvgIpc) is 2.52. The standard InChI is InChI=1S/C18H16N2O/c19-17-7-4-12-20-18(17)21-16-10-8-15(9-11-16)13-14-5-2-1-3-6-14/h1-12H,13,19H2. The molecule has 0 saturated heterocycles. The number of benzene rings is 2. The van der Waals surface area contributed by atoms with Crippen LogP contribution in [-0.4, -0.2) is 4.98 Å². The predicted molar refractivity (Wildman–Crippen MR) is 84.4 cm³/mol. The summed E-state index contributed by atoms with van der Waals surface area (Å²) in [5, 5.41) is 0. The summed E-state index contributed by atoms with van der Waals surface area (Å²) in [6.07, 6.45) is 2.57. The number of nitrogens with two attached hydrogens (primary N) is 1. The fraction of sp³-hybridized carbons (Fsp3) is 0.0556. The summed E-state index contributed by atoms with van der Waals surface area (Å²) >= 11 is 0. The molecule has 21 heavy (non-hydrogen) atoms. The molecule has 2 N–H and O–H groups in total. The quantitative estimate of drug-likeness (QED) is 0.782. The van der Waals surface area contributed by atoms with Crippen LogP contribution in [0.4, 0.5) is 5.69 Å². The van der Waals surface area contributed by atoms with Crippen LogP contribution >= 0.6 is 0 Å². The summed E-state index contributed by atoms with van der Waals surface area (Å²) in [7, 11) is 0. The molecular weight excluding hydrogens is 260 g/mol. The third kappa shape index (κ3) is 3.39. The Bertz CT molecular complexity index is 709. The molecule has 3 aromatic rings. The molecule has 0 aliphatic heterocycles. The summed E-state index contributed by atoms with van der Waals surface area (Å²) in [6.45, 7) is 0. The summed E-state index contributed by atoms with van der Waals surface area (Å²) in [4.78, 5) is 4.12. The number of aromatic nitrogens is 1. The van der Waals surface area contributed by atoms with Crippen molar-refractivity contribution in [2.75, 3.05) is 5.73 Å². The Labute approximate surface area is 124 Å². The molecule has 2 aromatic carbocycles. The van der Waals surface area contributed by atoms with Crippen molar-refractivity contribution in [2.24, 2.45) is 0 Å². The summed E-state index contributed by atoms with van der Waals surface area (Å²) < 4.78 is 5.68. The molecule has 104 valence electrons. The van der Waals surface area contributed by atoms with Gasteiger partial charge in [0.05, 0.1) is 5.69 Å². The zero-order valence-corrected chi connectivity index (χ0v) is 11.6. The van der Waals surface area contributed by atoms with Gasteiger partial charge in [-0.1, -0.05) is 42.5 Å². The first kappa shape index (κ1) is 13.2. The second kappa shape index (κ2) is 6.09. The van der Waals surface area contributed by atoms with Gasteiger partial charge in [0, 0.05) is 6.20 Å². The van der Waals surface area contributed by atoms with Crippen molar-refractivity contribution < 1.29 is 4.74 Å². The van der Waals surface area contributed by atoms with Crippen LogP contribution in [0.15, 0.2) is 72.9 Å². The first-order valence-corrected chi connectivity index (χ1v) is 6.82. The molecule has 0 aliphatic carbocycles. The van der Waals surface area contributed by atoms with Crippen LogP contribution in [0, 0.1) is 0 Å². The van der Waals surface area contributed by atoms with Gasteiger partial charge in [0.15, 0.2) is 0 Å². The Balaban J connectivity index is 1.71. The van der Waals surface area contributed by atoms with Crippen molar-refractivity contribution in [1.29, 1.82) is 0 Å². The maximum absolute atomic E-state index is 5.81. The van der Waals surface area contributed by atoms with E-state index in [-0.39, 0.29) is 0 Å². The van der Waals surface area contributed by atoms with Crippen molar-refractivity contribution in [3.8, 4) is 11.6 Å². The number of hydrogen-bond donors (Lipinski definition) is 1. The molecule has 0 atom stereocenters. The van der Waals surface area contributed by atoms with E-state index in [0.717, 1.165) is 12.2 Å². The van der Waals surface area contributed by atoms with Crippen molar-refractivity contribution in [2.45, 2.75) is 6.42 Å². The van der Waals surface area contributed by atoms with Gasteiger partial charge < -0.3 is 10.5 Å². The van der Waals surface area contributed by atoms with E-state index in [1.54, 1.807) is 18.3 Å². The van der Waals surface area contributed by atoms with Crippen molar-refractivity contribution >= 4 is 5.69 Å². The highest BCUT2D eigenvalue weighted by atomic mass is 16.5. The van der Waals surface area contributed by atoms with E-state index in [1.807, 2.05) is 18.2 Å². The minimum absolute atomic E-state index is 0.438. The van der Waals surface area contributed by atoms with Crippen LogP contribution in [0.25, 0.3) is 0 Å². The molecule has 0 fully saturated rings. The van der Waals surface area contributed by atoms with E-state index >= 15 is 0 Å². The molecule has 3 nitrogen and oxygen atoms in total. The number of nitrogen functional groups attached to an aromatic ring is 1. The van der Waals surface area contributed by atoms with Crippen LogP contribution in [-0.2, 0) is 6.42 Å². The lowest BCUT2D eigenvalue weighted by atomic mass is 10.1. The molecule has 0 aliphatic rings. The highest BCUT2D eigenvalue weighted by molar-refractivity contribution is 5.49. The smallest absolute Gasteiger partial charge is 0.242 e. The molecule has 3 heteroatoms. The molecule has 0 saturated carbocycles. The number of rotatable bonds is 4. The van der Waals surface area contributed by atoms with Gasteiger partial charge in [-0.3, -0.25) is 0 Å². The number of pyridine rings is 1. The first-order chi connectivity index (χ1) is 10.3. The normalized spacial score (nSPS) is 10.3. The lowest BCUT2D eigenvalue weighted by molar-refractivity contribution is 0.465. The highest BCUT2D eigenvalue weighted by Crippen LogP contribution is 2.24. The van der Waals surface area contributed by atoms with E-state index in [0.29, 0.717) is 11.6 Å². The van der Waals surface area contributed by atoms with Crippen LogP contribution in [0.2, 0.25) is 0 Å². The monoisotopic (exact) mass is 276 g/mol. The minimum Gasteiger partial charge on any atom is -0.437 e. The van der Waals surface area contributed by atoms with Gasteiger partial charge >= 0.3 is 0 Å². The zero-order chi connectivity index (χ0) is 14.5. The largest absolute Gasteiger partial charge is 0.437 e. The summed E-state index contributed by atoms with van der Waals surface area (Å²) in [6, 6.07) is 21.9. The maximum Gasteiger partial charge on any atom is 0.242 e. The lowest BCUT2D eigenvalue weighted by Gasteiger charge is -2.08. The average molecular weight is 276 g/mol. The molecule has 0 radical (unpaired) electrons. The number of nitrogens with zero attached hydrogens (tertiary/aromatic N) is 1. The summed E-state index contributed by atoms with van der Waals surface area (Å²) in [5.74, 6) is 1.17. The number of hydrogen-bond acceptors (Lipinski definition) is 3. The van der Waals surface area contributed by atoms with Crippen molar-refractivity contribution in [1.82, 2.24) is 4.98 Å². The van der Waals surface area contributed by atoms with Crippen LogP contribution < -0.4 is 10.5 Å². The van der Waals surface area contributed by atoms with E-state index < -0.39 is 0 Å². The van der Waals surface area contributed by atoms with Crippen LogP contribution in [0.5, 0.6) is 11.6 Å². The topological polar surface area (TPSA) is 48.1 Å². The van der Waals surface area contributed by atoms with Gasteiger partial charge in [0.2, 0.25) is 5.88 Å². The number of ether oxygens (including phenoxy) is 1. The van der Waals surface area contributed by atoms with Gasteiger partial charge in [-0.05, 0) is 41.8 Å². The van der Waals surface area contributed by atoms with E-state index in [2.05, 4.69) is 41.4 Å². The Morgan fingerprint density at radius 1 is 0.810 bits per heavy atom. The van der Waals surface area contributed by atoms with E-state index in [1.165, 1.54) is 11.1 Å². The molecule has 0 unspecified atom stereocenters. The van der Waals surface area contributed by atoms with Crippen LogP contribution in [0.3, 0.4) is 0 Å². The van der Waals surface area contributed by atoms with Gasteiger partial charge in [-0.25, -0.2) is 4.98 Å². The lowest BCUT2D eigenvalue weighted by Crippen LogP contribution is -1.94. The Hall–Kier alpha value is -2.81. The van der Waals surface area contributed by atoms with Gasteiger partial charge in [0.25, 0.3) is 0 Å². The highest BCUT2D eigenvalue weighted by Gasteiger charge is 2.03. The third-order valence-corrected chi connectivity index (χ3v) is 3.19. The number of anilines is 1. The fourth-order valence-electron chi connectivity index (χ4n) is 2.11. The van der Waals surface area contributed by atoms with Crippen molar-refractivity contribution in [3.05, 3.63) is 84.1 Å². The molecule has 3 rings (SSSR count). The minimum atomic E-state index is 0.438. The molecule has 0 bridgehead atoms. The Morgan fingerprint density at radius 3 is 2.24 bits per heavy atom. The SMILES string of the molecule is Nc1cccnc1Oc1ccc(Cc2ccccc2)cc1. The maximum atomic E-state index is 5.81. The zero-order valence-electron chi connectivity index (χ0n) is 11.6. The van der Waals surface area contributed by atoms with Gasteiger partial charge in [-0.2, -0.15) is 0 Å². The van der Waals surface area contributed by atoms with Crippen LogP contribution in [0.1, 0.15) is 11.1 Å². The van der Waals surface area contributed by atoms with Crippen molar-refractivity contribution in [3.63, 3.8) is 0 Å². The van der Waals surface area contributed by atoms with Gasteiger partial charge in [-0.15, -0.1) is 0 Å². The van der Waals surface area contributed by atoms with E-state index in [9.17, 15) is 0 Å². The fourth-order valence-corrected chi connectivity index (χ4v) is 2.11. The first-order valence-electron chi connectivity index (χ1n) is 6.82. The second-order valence-corrected chi connectivity index (χ2v) is 4.81. The third-order valence-electron chi connectivity index (χ3n) is 3.19. The molecular formula is C18H16N2O. The van der Waals surface area contributed by atoms with E-state index in [4.69, 9.17) is 10.5 Å². The van der Waals surface area contributed by atoms with Gasteiger partial charge in [0.1, 0.15) is 5.75 Å². The molecule has 0 spiro atoms. The molecule has 0 amide bonds. The molecule has 1 heterocycles. The Morgan fingerprint density at radius 2 is 1.52 bits per heavy atom. The predicted octanol–water partition coefficient (Wildman–Crippen LogP) is 4.05. The second-order valence-electron chi connectivity index (χ2n) is 4.81. The molecule has 1 aromatic heterocycles.